The summed E-state index contributed by atoms with van der Waals surface area (Å²) < 4.78 is 0. The molecule has 0 aliphatic heterocycles. The van der Waals surface area contributed by atoms with Crippen LogP contribution in [-0.2, 0) is 6.54 Å². The molecule has 2 N–H and O–H groups in total. The molecular formula is C15H18N4O. The number of hydrogen-bond acceptors (Lipinski definition) is 4. The maximum atomic E-state index is 11.8. The molecule has 5 heteroatoms. The molecule has 0 unspecified atom stereocenters. The number of carbonyl (C=O) groups excluding carboxylic acids is 1. The quantitative estimate of drug-likeness (QED) is 0.844. The number of nitrogens with one attached hydrogen (secondary N) is 2. The summed E-state index contributed by atoms with van der Waals surface area (Å²) in [5.41, 5.74) is 2.22. The third kappa shape index (κ3) is 4.05. The fourth-order valence-corrected chi connectivity index (χ4v) is 1.69. The van der Waals surface area contributed by atoms with Crippen LogP contribution in [0.5, 0.6) is 0 Å². The molecule has 0 saturated carbocycles. The summed E-state index contributed by atoms with van der Waals surface area (Å²) in [5, 5.41) is 6.04. The molecule has 0 atom stereocenters. The van der Waals surface area contributed by atoms with Crippen molar-refractivity contribution in [3.63, 3.8) is 0 Å². The third-order valence-electron chi connectivity index (χ3n) is 2.73. The third-order valence-corrected chi connectivity index (χ3v) is 2.73. The molecule has 0 aliphatic rings. The molecule has 5 nitrogen and oxygen atoms in total. The van der Waals surface area contributed by atoms with Crippen LogP contribution < -0.4 is 10.6 Å². The van der Waals surface area contributed by atoms with Crippen molar-refractivity contribution in [1.82, 2.24) is 15.3 Å². The smallest absolute Gasteiger partial charge is 0.269 e. The Morgan fingerprint density at radius 2 is 2.10 bits per heavy atom. The van der Waals surface area contributed by atoms with Gasteiger partial charge in [0.2, 0.25) is 0 Å². The molecule has 20 heavy (non-hydrogen) atoms. The van der Waals surface area contributed by atoms with E-state index in [2.05, 4.69) is 20.6 Å². The summed E-state index contributed by atoms with van der Waals surface area (Å²) in [6.45, 7) is 3.28. The van der Waals surface area contributed by atoms with Crippen LogP contribution in [0, 0.1) is 0 Å². The van der Waals surface area contributed by atoms with Gasteiger partial charge in [-0.1, -0.05) is 13.0 Å². The Labute approximate surface area is 118 Å². The molecule has 0 radical (unpaired) electrons. The first-order chi connectivity index (χ1) is 9.79. The zero-order valence-electron chi connectivity index (χ0n) is 11.5. The largest absolute Gasteiger partial charge is 0.379 e. The first-order valence-corrected chi connectivity index (χ1v) is 6.67. The van der Waals surface area contributed by atoms with Crippen molar-refractivity contribution in [2.45, 2.75) is 19.9 Å². The second-order valence-corrected chi connectivity index (χ2v) is 4.36. The Morgan fingerprint density at radius 1 is 1.20 bits per heavy atom. The van der Waals surface area contributed by atoms with E-state index in [1.807, 2.05) is 31.2 Å². The highest BCUT2D eigenvalue weighted by molar-refractivity contribution is 5.93. The second-order valence-electron chi connectivity index (χ2n) is 4.36. The first-order valence-electron chi connectivity index (χ1n) is 6.67. The lowest BCUT2D eigenvalue weighted by Gasteiger charge is -2.07. The minimum Gasteiger partial charge on any atom is -0.379 e. The van der Waals surface area contributed by atoms with Crippen molar-refractivity contribution in [3.05, 3.63) is 54.1 Å². The number of aromatic nitrogens is 2. The summed E-state index contributed by atoms with van der Waals surface area (Å²) in [6, 6.07) is 9.35. The highest BCUT2D eigenvalue weighted by atomic mass is 16.1. The molecule has 2 rings (SSSR count). The molecule has 0 bridgehead atoms. The lowest BCUT2D eigenvalue weighted by atomic mass is 10.3. The van der Waals surface area contributed by atoms with Crippen LogP contribution in [0.4, 0.5) is 5.69 Å². The summed E-state index contributed by atoms with van der Waals surface area (Å²) in [6.07, 6.45) is 4.29. The van der Waals surface area contributed by atoms with Gasteiger partial charge >= 0.3 is 0 Å². The van der Waals surface area contributed by atoms with E-state index < -0.39 is 0 Å². The normalized spacial score (nSPS) is 10.1. The summed E-state index contributed by atoms with van der Waals surface area (Å²) in [4.78, 5) is 20.1. The van der Waals surface area contributed by atoms with E-state index in [0.29, 0.717) is 18.8 Å². The van der Waals surface area contributed by atoms with Gasteiger partial charge < -0.3 is 10.6 Å². The van der Waals surface area contributed by atoms with Crippen LogP contribution >= 0.6 is 0 Å². The summed E-state index contributed by atoms with van der Waals surface area (Å²) >= 11 is 0. The maximum Gasteiger partial charge on any atom is 0.269 e. The average Bonchev–Trinajstić information content (AvgIpc) is 2.52. The van der Waals surface area contributed by atoms with Crippen molar-refractivity contribution in [2.24, 2.45) is 0 Å². The monoisotopic (exact) mass is 270 g/mol. The molecule has 2 heterocycles. The van der Waals surface area contributed by atoms with Crippen molar-refractivity contribution in [3.8, 4) is 0 Å². The van der Waals surface area contributed by atoms with Gasteiger partial charge in [0, 0.05) is 24.6 Å². The van der Waals surface area contributed by atoms with Crippen LogP contribution in [-0.4, -0.2) is 22.4 Å². The summed E-state index contributed by atoms with van der Waals surface area (Å²) in [5.74, 6) is -0.145. The van der Waals surface area contributed by atoms with E-state index in [4.69, 9.17) is 0 Å². The van der Waals surface area contributed by atoms with Gasteiger partial charge in [-0.25, -0.2) is 0 Å². The highest BCUT2D eigenvalue weighted by Crippen LogP contribution is 2.09. The van der Waals surface area contributed by atoms with Crippen LogP contribution in [0.1, 0.15) is 29.5 Å². The fourth-order valence-electron chi connectivity index (χ4n) is 1.69. The molecule has 2 aromatic rings. The Kier molecular flexibility index (Phi) is 5.06. The predicted molar refractivity (Wildman–Crippen MR) is 78.4 cm³/mol. The number of amides is 1. The molecular weight excluding hydrogens is 252 g/mol. The minimum atomic E-state index is -0.145. The van der Waals surface area contributed by atoms with Gasteiger partial charge in [-0.3, -0.25) is 14.8 Å². The zero-order chi connectivity index (χ0) is 14.2. The van der Waals surface area contributed by atoms with E-state index >= 15 is 0 Å². The molecule has 0 aliphatic carbocycles. The average molecular weight is 270 g/mol. The zero-order valence-corrected chi connectivity index (χ0v) is 11.5. The Balaban J connectivity index is 1.97. The van der Waals surface area contributed by atoms with Crippen molar-refractivity contribution < 1.29 is 4.79 Å². The molecule has 0 spiro atoms. The Bertz CT molecular complexity index is 557. The molecule has 104 valence electrons. The van der Waals surface area contributed by atoms with Gasteiger partial charge in [0.1, 0.15) is 5.69 Å². The number of rotatable bonds is 6. The molecule has 2 aromatic heterocycles. The number of anilines is 1. The molecule has 0 aromatic carbocycles. The van der Waals surface area contributed by atoms with Crippen LogP contribution in [0.25, 0.3) is 0 Å². The molecule has 0 fully saturated rings. The minimum absolute atomic E-state index is 0.145. The summed E-state index contributed by atoms with van der Waals surface area (Å²) in [7, 11) is 0. The number of hydrogen-bond donors (Lipinski definition) is 2. The SMILES string of the molecule is CCCNC(=O)c1cc(NCc2ccccn2)ccn1. The Hall–Kier alpha value is -2.43. The van der Waals surface area contributed by atoms with Gasteiger partial charge in [-0.05, 0) is 30.7 Å². The predicted octanol–water partition coefficient (Wildman–Crippen LogP) is 2.23. The van der Waals surface area contributed by atoms with Gasteiger partial charge in [-0.2, -0.15) is 0 Å². The van der Waals surface area contributed by atoms with Gasteiger partial charge in [0.25, 0.3) is 5.91 Å². The fraction of sp³-hybridized carbons (Fsp3) is 0.267. The number of pyridine rings is 2. The van der Waals surface area contributed by atoms with Gasteiger partial charge in [0.05, 0.1) is 12.2 Å². The van der Waals surface area contributed by atoms with E-state index in [0.717, 1.165) is 17.8 Å². The van der Waals surface area contributed by atoms with E-state index in [1.165, 1.54) is 0 Å². The Morgan fingerprint density at radius 3 is 2.85 bits per heavy atom. The van der Waals surface area contributed by atoms with Crippen LogP contribution in [0.2, 0.25) is 0 Å². The maximum absolute atomic E-state index is 11.8. The van der Waals surface area contributed by atoms with Gasteiger partial charge in [0.15, 0.2) is 0 Å². The van der Waals surface area contributed by atoms with Crippen molar-refractivity contribution in [1.29, 1.82) is 0 Å². The van der Waals surface area contributed by atoms with Crippen LogP contribution in [0.15, 0.2) is 42.7 Å². The van der Waals surface area contributed by atoms with Crippen molar-refractivity contribution in [2.75, 3.05) is 11.9 Å². The lowest BCUT2D eigenvalue weighted by molar-refractivity contribution is 0.0949. The van der Waals surface area contributed by atoms with E-state index in [1.54, 1.807) is 18.5 Å². The van der Waals surface area contributed by atoms with E-state index in [9.17, 15) is 4.79 Å². The lowest BCUT2D eigenvalue weighted by Crippen LogP contribution is -2.24. The standard InChI is InChI=1S/C15H18N4O/c1-2-7-18-15(20)14-10-12(6-9-17-14)19-11-13-5-3-4-8-16-13/h3-6,8-10H,2,7,11H2,1H3,(H,17,19)(H,18,20). The van der Waals surface area contributed by atoms with E-state index in [-0.39, 0.29) is 5.91 Å². The van der Waals surface area contributed by atoms with Gasteiger partial charge in [-0.15, -0.1) is 0 Å². The van der Waals surface area contributed by atoms with Crippen molar-refractivity contribution >= 4 is 11.6 Å². The topological polar surface area (TPSA) is 66.9 Å². The second kappa shape index (κ2) is 7.23. The number of nitrogens with zero attached hydrogens (tertiary/aromatic N) is 2. The first kappa shape index (κ1) is 14.0. The van der Waals surface area contributed by atoms with Crippen LogP contribution in [0.3, 0.4) is 0 Å². The number of carbonyl (C=O) groups is 1. The highest BCUT2D eigenvalue weighted by Gasteiger charge is 2.06. The molecule has 1 amide bonds. The molecule has 0 saturated heterocycles.